The second-order valence-electron chi connectivity index (χ2n) is 7.18. The van der Waals surface area contributed by atoms with E-state index in [2.05, 4.69) is 24.8 Å². The van der Waals surface area contributed by atoms with Crippen LogP contribution in [0, 0.1) is 23.2 Å². The average molecular weight is 363 g/mol. The molecule has 25 heavy (non-hydrogen) atoms. The quantitative estimate of drug-likeness (QED) is 0.682. The first-order valence-corrected chi connectivity index (χ1v) is 9.38. The Morgan fingerprint density at radius 3 is 2.56 bits per heavy atom. The smallest absolute Gasteiger partial charge is 0.308 e. The van der Waals surface area contributed by atoms with Gasteiger partial charge in [0.1, 0.15) is 6.07 Å². The third kappa shape index (κ3) is 5.12. The van der Waals surface area contributed by atoms with Crippen molar-refractivity contribution in [1.29, 1.82) is 5.26 Å². The number of halogens is 1. The predicted octanol–water partition coefficient (Wildman–Crippen LogP) is 4.80. The number of hydrogen-bond acceptors (Lipinski definition) is 4. The summed E-state index contributed by atoms with van der Waals surface area (Å²) in [5.41, 5.74) is 1.56. The Morgan fingerprint density at radius 2 is 2.04 bits per heavy atom. The first-order chi connectivity index (χ1) is 12.0. The van der Waals surface area contributed by atoms with Crippen LogP contribution in [0.15, 0.2) is 18.2 Å². The zero-order valence-electron chi connectivity index (χ0n) is 15.3. The van der Waals surface area contributed by atoms with Gasteiger partial charge in [0.15, 0.2) is 0 Å². The average Bonchev–Trinajstić information content (AvgIpc) is 2.61. The van der Waals surface area contributed by atoms with Gasteiger partial charge in [-0.1, -0.05) is 25.4 Å². The molecule has 4 nitrogen and oxygen atoms in total. The maximum atomic E-state index is 11.8. The van der Waals surface area contributed by atoms with Crippen LogP contribution in [0.5, 0.6) is 0 Å². The molecule has 5 heteroatoms. The van der Waals surface area contributed by atoms with Gasteiger partial charge in [-0.25, -0.2) is 0 Å². The fraction of sp³-hybridized carbons (Fsp3) is 0.600. The summed E-state index contributed by atoms with van der Waals surface area (Å²) < 4.78 is 4.89. The molecule has 0 radical (unpaired) electrons. The van der Waals surface area contributed by atoms with E-state index >= 15 is 0 Å². The molecule has 1 aromatic carbocycles. The minimum atomic E-state index is -0.0893. The number of benzene rings is 1. The highest BCUT2D eigenvalue weighted by molar-refractivity contribution is 6.32. The van der Waals surface area contributed by atoms with E-state index in [0.29, 0.717) is 22.5 Å². The number of carbonyl (C=O) groups is 1. The maximum Gasteiger partial charge on any atom is 0.308 e. The lowest BCUT2D eigenvalue weighted by Gasteiger charge is -2.38. The van der Waals surface area contributed by atoms with E-state index in [1.807, 2.05) is 12.1 Å². The summed E-state index contributed by atoms with van der Waals surface area (Å²) in [7, 11) is 1.46. The summed E-state index contributed by atoms with van der Waals surface area (Å²) in [4.78, 5) is 14.2. The third-order valence-corrected chi connectivity index (χ3v) is 5.34. The van der Waals surface area contributed by atoms with Crippen LogP contribution in [-0.4, -0.2) is 25.7 Å². The van der Waals surface area contributed by atoms with Crippen molar-refractivity contribution in [2.75, 3.05) is 18.6 Å². The summed E-state index contributed by atoms with van der Waals surface area (Å²) in [6.45, 7) is 5.39. The highest BCUT2D eigenvalue weighted by Gasteiger charge is 2.30. The van der Waals surface area contributed by atoms with Crippen molar-refractivity contribution in [3.8, 4) is 6.07 Å². The van der Waals surface area contributed by atoms with Gasteiger partial charge < -0.3 is 9.64 Å². The lowest BCUT2D eigenvalue weighted by atomic mass is 9.85. The third-order valence-electron chi connectivity index (χ3n) is 5.02. The SMILES string of the molecule is COC(=O)C1CCC(N(CCC(C)C)c2ccc(C#N)c(Cl)c2)CC1. The molecule has 0 unspecified atom stereocenters. The van der Waals surface area contributed by atoms with Crippen molar-refractivity contribution in [3.05, 3.63) is 28.8 Å². The molecule has 0 spiro atoms. The molecule has 0 N–H and O–H groups in total. The second-order valence-corrected chi connectivity index (χ2v) is 7.59. The summed E-state index contributed by atoms with van der Waals surface area (Å²) in [5, 5.41) is 9.58. The van der Waals surface area contributed by atoms with Gasteiger partial charge in [-0.3, -0.25) is 4.79 Å². The van der Waals surface area contributed by atoms with Crippen LogP contribution in [-0.2, 0) is 9.53 Å². The van der Waals surface area contributed by atoms with Crippen LogP contribution < -0.4 is 4.90 Å². The molecule has 1 aliphatic rings. The Kier molecular flexibility index (Phi) is 7.13. The molecule has 1 aromatic rings. The number of nitrogens with zero attached hydrogens (tertiary/aromatic N) is 2. The standard InChI is InChI=1S/C20H27ClN2O2/c1-14(2)10-11-23(18-9-6-16(13-22)19(21)12-18)17-7-4-15(5-8-17)20(24)25-3/h6,9,12,14-15,17H,4-5,7-8,10-11H2,1-3H3. The number of ether oxygens (including phenoxy) is 1. The Labute approximate surface area is 155 Å². The van der Waals surface area contributed by atoms with Gasteiger partial charge in [0.2, 0.25) is 0 Å². The molecule has 0 atom stereocenters. The van der Waals surface area contributed by atoms with E-state index in [1.165, 1.54) is 7.11 Å². The molecule has 0 heterocycles. The van der Waals surface area contributed by atoms with Crippen molar-refractivity contribution >= 4 is 23.3 Å². The molecule has 0 aliphatic heterocycles. The predicted molar refractivity (Wildman–Crippen MR) is 101 cm³/mol. The van der Waals surface area contributed by atoms with E-state index in [4.69, 9.17) is 21.6 Å². The van der Waals surface area contributed by atoms with Crippen molar-refractivity contribution in [1.82, 2.24) is 0 Å². The summed E-state index contributed by atoms with van der Waals surface area (Å²) in [5.74, 6) is 0.550. The van der Waals surface area contributed by atoms with E-state index in [0.717, 1.165) is 44.3 Å². The van der Waals surface area contributed by atoms with E-state index in [1.54, 1.807) is 6.07 Å². The van der Waals surface area contributed by atoms with Crippen molar-refractivity contribution in [2.45, 2.75) is 52.0 Å². The van der Waals surface area contributed by atoms with Crippen LogP contribution in [0.1, 0.15) is 51.5 Å². The number of rotatable bonds is 6. The van der Waals surface area contributed by atoms with Gasteiger partial charge in [-0.05, 0) is 56.2 Å². The summed E-state index contributed by atoms with van der Waals surface area (Å²) in [6, 6.07) is 8.18. The molecule has 0 amide bonds. The minimum Gasteiger partial charge on any atom is -0.469 e. The molecule has 1 aliphatic carbocycles. The van der Waals surface area contributed by atoms with Gasteiger partial charge in [-0.15, -0.1) is 0 Å². The molecular weight excluding hydrogens is 336 g/mol. The fourth-order valence-corrected chi connectivity index (χ4v) is 3.70. The fourth-order valence-electron chi connectivity index (χ4n) is 3.48. The number of methoxy groups -OCH3 is 1. The molecule has 1 saturated carbocycles. The zero-order valence-corrected chi connectivity index (χ0v) is 16.1. The molecule has 0 bridgehead atoms. The van der Waals surface area contributed by atoms with Gasteiger partial charge in [0.05, 0.1) is 23.6 Å². The van der Waals surface area contributed by atoms with E-state index < -0.39 is 0 Å². The Balaban J connectivity index is 2.15. The van der Waals surface area contributed by atoms with Crippen LogP contribution in [0.2, 0.25) is 5.02 Å². The van der Waals surface area contributed by atoms with Gasteiger partial charge >= 0.3 is 5.97 Å². The highest BCUT2D eigenvalue weighted by Crippen LogP contribution is 2.33. The lowest BCUT2D eigenvalue weighted by molar-refractivity contribution is -0.146. The molecule has 1 fully saturated rings. The van der Waals surface area contributed by atoms with Gasteiger partial charge in [-0.2, -0.15) is 5.26 Å². The summed E-state index contributed by atoms with van der Waals surface area (Å²) >= 11 is 6.25. The first kappa shape index (κ1) is 19.6. The van der Waals surface area contributed by atoms with Gasteiger partial charge in [0.25, 0.3) is 0 Å². The first-order valence-electron chi connectivity index (χ1n) is 9.00. The molecule has 2 rings (SSSR count). The molecule has 0 aromatic heterocycles. The normalized spacial score (nSPS) is 20.2. The molecule has 136 valence electrons. The van der Waals surface area contributed by atoms with Crippen LogP contribution in [0.25, 0.3) is 0 Å². The Hall–Kier alpha value is -1.73. The van der Waals surface area contributed by atoms with Crippen molar-refractivity contribution in [3.63, 3.8) is 0 Å². The number of nitriles is 1. The van der Waals surface area contributed by atoms with Gasteiger partial charge in [0, 0.05) is 18.3 Å². The Morgan fingerprint density at radius 1 is 1.36 bits per heavy atom. The topological polar surface area (TPSA) is 53.3 Å². The number of carbonyl (C=O) groups excluding carboxylic acids is 1. The largest absolute Gasteiger partial charge is 0.469 e. The molecular formula is C20H27ClN2O2. The van der Waals surface area contributed by atoms with Crippen LogP contribution in [0.4, 0.5) is 5.69 Å². The number of hydrogen-bond donors (Lipinski definition) is 0. The zero-order chi connectivity index (χ0) is 18.4. The summed E-state index contributed by atoms with van der Waals surface area (Å²) in [6.07, 6.45) is 4.75. The second kappa shape index (κ2) is 9.10. The monoisotopic (exact) mass is 362 g/mol. The highest BCUT2D eigenvalue weighted by atomic mass is 35.5. The van der Waals surface area contributed by atoms with Crippen molar-refractivity contribution < 1.29 is 9.53 Å². The van der Waals surface area contributed by atoms with E-state index in [-0.39, 0.29) is 11.9 Å². The maximum absolute atomic E-state index is 11.8. The minimum absolute atomic E-state index is 0.0257. The lowest BCUT2D eigenvalue weighted by Crippen LogP contribution is -2.40. The van der Waals surface area contributed by atoms with Crippen LogP contribution >= 0.6 is 11.6 Å². The number of esters is 1. The number of anilines is 1. The van der Waals surface area contributed by atoms with E-state index in [9.17, 15) is 4.79 Å². The molecule has 0 saturated heterocycles. The van der Waals surface area contributed by atoms with Crippen molar-refractivity contribution in [2.24, 2.45) is 11.8 Å². The Bertz CT molecular complexity index is 631. The van der Waals surface area contributed by atoms with Crippen LogP contribution in [0.3, 0.4) is 0 Å².